The standard InChI is InChI=1S/C20H23ClN6O2/c1-29-13-10-22-20(28)14-8-11-26(12-9-14)18-7-6-17-23-24-19(27(17)25-18)15-4-2-3-5-16(15)21/h2-7,14H,8-13H2,1H3,(H,22,28). The number of methoxy groups -OCH3 is 1. The third-order valence-corrected chi connectivity index (χ3v) is 5.49. The predicted octanol–water partition coefficient (Wildman–Crippen LogP) is 2.42. The van der Waals surface area contributed by atoms with Crippen LogP contribution in [0.2, 0.25) is 5.02 Å². The second kappa shape index (κ2) is 8.75. The van der Waals surface area contributed by atoms with E-state index in [1.54, 1.807) is 11.6 Å². The van der Waals surface area contributed by atoms with Crippen LogP contribution in [0.3, 0.4) is 0 Å². The maximum absolute atomic E-state index is 12.3. The van der Waals surface area contributed by atoms with Gasteiger partial charge in [0, 0.05) is 38.2 Å². The van der Waals surface area contributed by atoms with E-state index in [9.17, 15) is 4.79 Å². The highest BCUT2D eigenvalue weighted by Crippen LogP contribution is 2.27. The number of carbonyl (C=O) groups is 1. The van der Waals surface area contributed by atoms with Crippen molar-refractivity contribution in [2.75, 3.05) is 38.3 Å². The van der Waals surface area contributed by atoms with E-state index in [0.717, 1.165) is 37.3 Å². The summed E-state index contributed by atoms with van der Waals surface area (Å²) in [5.41, 5.74) is 1.45. The molecule has 2 aromatic heterocycles. The lowest BCUT2D eigenvalue weighted by Crippen LogP contribution is -2.41. The molecule has 3 aromatic rings. The van der Waals surface area contributed by atoms with Gasteiger partial charge in [0.2, 0.25) is 5.91 Å². The summed E-state index contributed by atoms with van der Waals surface area (Å²) in [7, 11) is 1.63. The Bertz CT molecular complexity index is 1000. The first-order chi connectivity index (χ1) is 14.2. The van der Waals surface area contributed by atoms with E-state index < -0.39 is 0 Å². The molecule has 1 N–H and O–H groups in total. The van der Waals surface area contributed by atoms with Crippen LogP contribution in [-0.2, 0) is 9.53 Å². The zero-order valence-electron chi connectivity index (χ0n) is 16.2. The number of nitrogens with one attached hydrogen (secondary N) is 1. The fourth-order valence-corrected chi connectivity index (χ4v) is 3.77. The van der Waals surface area contributed by atoms with Crippen molar-refractivity contribution in [2.45, 2.75) is 12.8 Å². The van der Waals surface area contributed by atoms with Gasteiger partial charge in [-0.2, -0.15) is 4.52 Å². The Morgan fingerprint density at radius 2 is 2.00 bits per heavy atom. The van der Waals surface area contributed by atoms with Gasteiger partial charge < -0.3 is 15.0 Å². The molecule has 0 spiro atoms. The van der Waals surface area contributed by atoms with Crippen LogP contribution < -0.4 is 10.2 Å². The Morgan fingerprint density at radius 3 is 2.76 bits per heavy atom. The highest BCUT2D eigenvalue weighted by Gasteiger charge is 2.26. The van der Waals surface area contributed by atoms with Gasteiger partial charge in [0.15, 0.2) is 11.5 Å². The number of nitrogens with zero attached hydrogens (tertiary/aromatic N) is 5. The van der Waals surface area contributed by atoms with Crippen LogP contribution in [0.25, 0.3) is 17.0 Å². The third kappa shape index (κ3) is 4.18. The number of carbonyl (C=O) groups excluding carboxylic acids is 1. The molecule has 0 atom stereocenters. The minimum absolute atomic E-state index is 0.0282. The van der Waals surface area contributed by atoms with Crippen LogP contribution in [0.4, 0.5) is 5.82 Å². The second-order valence-corrected chi connectivity index (χ2v) is 7.42. The largest absolute Gasteiger partial charge is 0.383 e. The number of halogens is 1. The second-order valence-electron chi connectivity index (χ2n) is 7.01. The van der Waals surface area contributed by atoms with Gasteiger partial charge in [-0.1, -0.05) is 23.7 Å². The van der Waals surface area contributed by atoms with Crippen molar-refractivity contribution >= 4 is 29.0 Å². The molecule has 0 radical (unpaired) electrons. The van der Waals surface area contributed by atoms with Crippen molar-refractivity contribution in [3.05, 3.63) is 41.4 Å². The van der Waals surface area contributed by atoms with Crippen LogP contribution in [0.15, 0.2) is 36.4 Å². The maximum atomic E-state index is 12.3. The Kier molecular flexibility index (Phi) is 5.92. The Balaban J connectivity index is 1.49. The first kappa shape index (κ1) is 19.6. The summed E-state index contributed by atoms with van der Waals surface area (Å²) >= 11 is 6.33. The molecule has 0 aliphatic carbocycles. The lowest BCUT2D eigenvalue weighted by Gasteiger charge is -2.32. The lowest BCUT2D eigenvalue weighted by atomic mass is 9.96. The zero-order chi connectivity index (χ0) is 20.2. The van der Waals surface area contributed by atoms with Gasteiger partial charge in [-0.15, -0.1) is 15.3 Å². The van der Waals surface area contributed by atoms with Gasteiger partial charge >= 0.3 is 0 Å². The minimum atomic E-state index is 0.0282. The van der Waals surface area contributed by atoms with Gasteiger partial charge in [0.1, 0.15) is 5.82 Å². The molecule has 3 heterocycles. The van der Waals surface area contributed by atoms with E-state index in [0.29, 0.717) is 29.6 Å². The Labute approximate surface area is 173 Å². The number of hydrogen-bond donors (Lipinski definition) is 1. The fourth-order valence-electron chi connectivity index (χ4n) is 3.55. The van der Waals surface area contributed by atoms with Crippen molar-refractivity contribution in [3.8, 4) is 11.4 Å². The highest BCUT2D eigenvalue weighted by atomic mass is 35.5. The topological polar surface area (TPSA) is 84.6 Å². The Hall–Kier alpha value is -2.71. The normalized spacial score (nSPS) is 15.0. The minimum Gasteiger partial charge on any atom is -0.383 e. The quantitative estimate of drug-likeness (QED) is 0.623. The lowest BCUT2D eigenvalue weighted by molar-refractivity contribution is -0.125. The van der Waals surface area contributed by atoms with Crippen molar-refractivity contribution in [1.29, 1.82) is 0 Å². The molecule has 8 nitrogen and oxygen atoms in total. The maximum Gasteiger partial charge on any atom is 0.223 e. The van der Waals surface area contributed by atoms with Crippen LogP contribution in [-0.4, -0.2) is 59.1 Å². The van der Waals surface area contributed by atoms with Crippen molar-refractivity contribution in [1.82, 2.24) is 25.1 Å². The van der Waals surface area contributed by atoms with E-state index in [2.05, 4.69) is 20.4 Å². The Morgan fingerprint density at radius 1 is 1.21 bits per heavy atom. The van der Waals surface area contributed by atoms with Gasteiger partial charge in [0.05, 0.1) is 11.6 Å². The average molecular weight is 415 g/mol. The smallest absolute Gasteiger partial charge is 0.223 e. The number of anilines is 1. The summed E-state index contributed by atoms with van der Waals surface area (Å²) in [4.78, 5) is 14.4. The summed E-state index contributed by atoms with van der Waals surface area (Å²) in [6.07, 6.45) is 1.58. The molecule has 1 aromatic carbocycles. The third-order valence-electron chi connectivity index (χ3n) is 5.16. The molecule has 152 valence electrons. The molecule has 1 aliphatic rings. The summed E-state index contributed by atoms with van der Waals surface area (Å²) in [6.45, 7) is 2.61. The van der Waals surface area contributed by atoms with Crippen molar-refractivity contribution < 1.29 is 9.53 Å². The van der Waals surface area contributed by atoms with Crippen LogP contribution in [0, 0.1) is 5.92 Å². The van der Waals surface area contributed by atoms with Gasteiger partial charge in [-0.3, -0.25) is 4.79 Å². The summed E-state index contributed by atoms with van der Waals surface area (Å²) < 4.78 is 6.70. The molecule has 29 heavy (non-hydrogen) atoms. The number of hydrogen-bond acceptors (Lipinski definition) is 6. The number of amides is 1. The number of benzene rings is 1. The van der Waals surface area contributed by atoms with E-state index in [1.807, 2.05) is 36.4 Å². The van der Waals surface area contributed by atoms with Crippen LogP contribution in [0.5, 0.6) is 0 Å². The molecular weight excluding hydrogens is 392 g/mol. The van der Waals surface area contributed by atoms with Gasteiger partial charge in [-0.25, -0.2) is 0 Å². The molecule has 1 fully saturated rings. The summed E-state index contributed by atoms with van der Waals surface area (Å²) in [6, 6.07) is 11.4. The number of fused-ring (bicyclic) bond motifs is 1. The van der Waals surface area contributed by atoms with Crippen LogP contribution in [0.1, 0.15) is 12.8 Å². The van der Waals surface area contributed by atoms with Crippen LogP contribution >= 0.6 is 11.6 Å². The molecule has 0 bridgehead atoms. The number of piperidine rings is 1. The monoisotopic (exact) mass is 414 g/mol. The van der Waals surface area contributed by atoms with E-state index in [-0.39, 0.29) is 11.8 Å². The van der Waals surface area contributed by atoms with Crippen molar-refractivity contribution in [2.24, 2.45) is 5.92 Å². The molecule has 0 saturated carbocycles. The zero-order valence-corrected chi connectivity index (χ0v) is 17.0. The molecule has 9 heteroatoms. The van der Waals surface area contributed by atoms with Crippen molar-refractivity contribution in [3.63, 3.8) is 0 Å². The summed E-state index contributed by atoms with van der Waals surface area (Å²) in [5, 5.41) is 16.8. The van der Waals surface area contributed by atoms with Gasteiger partial charge in [-0.05, 0) is 37.1 Å². The number of aromatic nitrogens is 4. The molecule has 1 amide bonds. The predicted molar refractivity (Wildman–Crippen MR) is 111 cm³/mol. The van der Waals surface area contributed by atoms with E-state index >= 15 is 0 Å². The average Bonchev–Trinajstić information content (AvgIpc) is 3.17. The SMILES string of the molecule is COCCNC(=O)C1CCN(c2ccc3nnc(-c4ccccc4Cl)n3n2)CC1. The first-order valence-corrected chi connectivity index (χ1v) is 10.0. The first-order valence-electron chi connectivity index (χ1n) is 9.66. The molecule has 0 unspecified atom stereocenters. The van der Waals surface area contributed by atoms with E-state index in [4.69, 9.17) is 21.4 Å². The molecular formula is C20H23ClN6O2. The molecule has 4 rings (SSSR count). The number of ether oxygens (including phenoxy) is 1. The van der Waals surface area contributed by atoms with E-state index in [1.165, 1.54) is 0 Å². The fraction of sp³-hybridized carbons (Fsp3) is 0.400. The molecule has 1 aliphatic heterocycles. The molecule has 1 saturated heterocycles. The van der Waals surface area contributed by atoms with Gasteiger partial charge in [0.25, 0.3) is 0 Å². The summed E-state index contributed by atoms with van der Waals surface area (Å²) in [5.74, 6) is 1.58. The number of rotatable bonds is 6. The highest BCUT2D eigenvalue weighted by molar-refractivity contribution is 6.33.